The number of nitrogens with one attached hydrogen (secondary N) is 11. The second kappa shape index (κ2) is 37.9. The van der Waals surface area contributed by atoms with Gasteiger partial charge in [0, 0.05) is 92.2 Å². The summed E-state index contributed by atoms with van der Waals surface area (Å²) in [6, 6.07) is 10.5. The van der Waals surface area contributed by atoms with Crippen molar-refractivity contribution in [3.05, 3.63) is 129 Å². The summed E-state index contributed by atoms with van der Waals surface area (Å²) in [5.74, 6) is -13.1. The third-order valence-corrected chi connectivity index (χ3v) is 17.4. The van der Waals surface area contributed by atoms with Crippen LogP contribution in [0.4, 0.5) is 0 Å². The van der Waals surface area contributed by atoms with E-state index in [4.69, 9.17) is 28.8 Å². The minimum atomic E-state index is -1.99. The number of hydrogen-bond acceptors (Lipinski definition) is 15. The van der Waals surface area contributed by atoms with Crippen molar-refractivity contribution in [2.24, 2.45) is 33.2 Å². The van der Waals surface area contributed by atoms with Crippen molar-refractivity contribution in [2.75, 3.05) is 26.2 Å². The maximum absolute atomic E-state index is 15.2. The number of carboxylic acids is 1. The lowest BCUT2D eigenvalue weighted by Crippen LogP contribution is -2.61. The third kappa shape index (κ3) is 23.2. The average molecular weight is 1430 g/mol. The molecule has 5 aromatic rings. The number of H-pyrrole nitrogens is 1. The largest absolute Gasteiger partial charge is 0.480 e. The van der Waals surface area contributed by atoms with Crippen molar-refractivity contribution in [3.8, 4) is 0 Å². The number of nitrogens with two attached hydrogens (primary N) is 3. The first-order valence-corrected chi connectivity index (χ1v) is 33.7. The monoisotopic (exact) mass is 1430 g/mol. The zero-order valence-corrected chi connectivity index (χ0v) is 57.3. The van der Waals surface area contributed by atoms with Gasteiger partial charge in [0.2, 0.25) is 70.9 Å². The number of guanidine groups is 1. The first-order chi connectivity index (χ1) is 48.7. The van der Waals surface area contributed by atoms with Crippen LogP contribution >= 0.6 is 11.6 Å². The van der Waals surface area contributed by atoms with Gasteiger partial charge in [0.1, 0.15) is 60.4 Å². The number of fused-ring (bicyclic) bond motifs is 2. The van der Waals surface area contributed by atoms with E-state index < -0.39 is 170 Å². The Bertz CT molecular complexity index is 3990. The zero-order chi connectivity index (χ0) is 74.2. The fraction of sp³-hybridized carbons (Fsp3) is 0.441. The molecule has 3 heterocycles. The molecule has 0 unspecified atom stereocenters. The number of carboxylic acid groups (broad SMARTS) is 1. The van der Waals surface area contributed by atoms with E-state index >= 15 is 14.4 Å². The van der Waals surface area contributed by atoms with Crippen LogP contribution in [0.15, 0.2) is 107 Å². The first kappa shape index (κ1) is 78.2. The maximum atomic E-state index is 15.2. The Hall–Kier alpha value is -11.2. The van der Waals surface area contributed by atoms with E-state index in [-0.39, 0.29) is 76.3 Å². The number of rotatable bonds is 26. The van der Waals surface area contributed by atoms with Crippen LogP contribution in [0, 0.1) is 5.92 Å². The Morgan fingerprint density at radius 1 is 0.725 bits per heavy atom. The van der Waals surface area contributed by atoms with Crippen LogP contribution in [-0.4, -0.2) is 184 Å². The Morgan fingerprint density at radius 3 is 2.05 bits per heavy atom. The molecular formula is C68H86ClN19O14. The first-order valence-electron chi connectivity index (χ1n) is 33.3. The van der Waals surface area contributed by atoms with E-state index in [1.807, 2.05) is 18.2 Å². The van der Waals surface area contributed by atoms with Gasteiger partial charge >= 0.3 is 5.97 Å². The van der Waals surface area contributed by atoms with Crippen LogP contribution in [0.2, 0.25) is 5.02 Å². The Kier molecular flexibility index (Phi) is 29.0. The number of amides is 12. The summed E-state index contributed by atoms with van der Waals surface area (Å²) in [5, 5.41) is 41.4. The Labute approximate surface area is 591 Å². The van der Waals surface area contributed by atoms with E-state index in [2.05, 4.69) is 73.2 Å². The average Bonchev–Trinajstić information content (AvgIpc) is 1.63. The molecule has 10 atom stereocenters. The van der Waals surface area contributed by atoms with Gasteiger partial charge in [-0.05, 0) is 107 Å². The van der Waals surface area contributed by atoms with E-state index in [9.17, 15) is 58.6 Å². The molecule has 0 bridgehead atoms. The van der Waals surface area contributed by atoms with Gasteiger partial charge in [-0.25, -0.2) is 4.79 Å². The van der Waals surface area contributed by atoms with Crippen LogP contribution in [0.3, 0.4) is 0 Å². The van der Waals surface area contributed by atoms with Crippen molar-refractivity contribution in [1.82, 2.24) is 63.1 Å². The highest BCUT2D eigenvalue weighted by atomic mass is 35.5. The Balaban J connectivity index is 1.24. The maximum Gasteiger partial charge on any atom is 0.327 e. The molecule has 0 spiro atoms. The lowest BCUT2D eigenvalue weighted by molar-refractivity contribution is -0.145. The molecule has 2 aliphatic heterocycles. The molecule has 0 saturated carbocycles. The molecule has 2 saturated heterocycles. The van der Waals surface area contributed by atoms with Crippen molar-refractivity contribution >= 4 is 116 Å². The van der Waals surface area contributed by atoms with E-state index in [0.29, 0.717) is 39.0 Å². The van der Waals surface area contributed by atoms with Crippen molar-refractivity contribution in [3.63, 3.8) is 0 Å². The number of aromatic nitrogens is 1. The van der Waals surface area contributed by atoms with E-state index in [0.717, 1.165) is 17.7 Å². The number of para-hydroxylation sites is 1. The van der Waals surface area contributed by atoms with Gasteiger partial charge in [-0.3, -0.25) is 62.5 Å². The molecule has 12 amide bonds. The van der Waals surface area contributed by atoms with Crippen LogP contribution in [-0.2, 0) is 81.6 Å². The number of likely N-dealkylation sites (tertiary alicyclic amines) is 1. The smallest absolute Gasteiger partial charge is 0.327 e. The van der Waals surface area contributed by atoms with Crippen LogP contribution in [0.1, 0.15) is 95.2 Å². The highest BCUT2D eigenvalue weighted by Gasteiger charge is 2.41. The summed E-state index contributed by atoms with van der Waals surface area (Å²) < 4.78 is 0. The second-order valence-corrected chi connectivity index (χ2v) is 25.8. The number of benzene rings is 4. The third-order valence-electron chi connectivity index (χ3n) is 17.1. The molecule has 4 aromatic carbocycles. The standard InChI is InChI=1S/C68H86ClN19O14/c1-36(2)28-49(60(94)79-48(14-8-25-75-68(71)72)66(100)88-27-9-15-55(88)65(99)85-54(34-70)67(101)102)80-62(96)51(31-39-16-19-40-10-4-5-11-41(40)29-39)82-59(93)47-24-26-74-56(90)23-22-46(77-37(3)89)58(92)81-50(30-38-17-20-43(69)21-18-38)61(95)83-52(32-42-35-76-45-13-7-6-12-44(42)45)63(97)84-53(64(98)78-47)33-57(91)86-87-73/h4-7,10-13,16-21,29,35-36,46-55,76H,8-9,14-15,22-28,30-34,70H2,1-3H3,(H,74,90)(H,77,89)(H,78,98)(H,79,94)(H,80,96)(H,81,92)(H,82,93)(H,83,95)(H,84,97)(H,85,99)(H,101,102)(H4,71,72,75)/t46-,47-,48-,49-,50+,51+,52+,53-,54-,55-/m0/s1. The van der Waals surface area contributed by atoms with Crippen LogP contribution < -0.4 is 70.4 Å². The highest BCUT2D eigenvalue weighted by Crippen LogP contribution is 2.24. The van der Waals surface area contributed by atoms with Crippen molar-refractivity contribution in [2.45, 2.75) is 158 Å². The summed E-state index contributed by atoms with van der Waals surface area (Å²) >= 11 is 6.19. The molecule has 18 N–H and O–H groups in total. The molecule has 34 heteroatoms. The minimum absolute atomic E-state index is 0.0163. The summed E-state index contributed by atoms with van der Waals surface area (Å²) in [7, 11) is 0. The summed E-state index contributed by atoms with van der Waals surface area (Å²) in [6.07, 6.45) is -0.978. The predicted molar refractivity (Wildman–Crippen MR) is 374 cm³/mol. The highest BCUT2D eigenvalue weighted by molar-refractivity contribution is 6.30. The van der Waals surface area contributed by atoms with Gasteiger partial charge < -0.3 is 85.4 Å². The fourth-order valence-electron chi connectivity index (χ4n) is 11.9. The Morgan fingerprint density at radius 2 is 1.36 bits per heavy atom. The number of halogens is 1. The molecule has 7 rings (SSSR count). The van der Waals surface area contributed by atoms with Gasteiger partial charge in [-0.2, -0.15) is 0 Å². The van der Waals surface area contributed by atoms with Crippen molar-refractivity contribution < 1.29 is 67.4 Å². The second-order valence-electron chi connectivity index (χ2n) is 25.3. The normalized spacial score (nSPS) is 19.7. The van der Waals surface area contributed by atoms with E-state index in [1.165, 1.54) is 4.90 Å². The summed E-state index contributed by atoms with van der Waals surface area (Å²) in [5.41, 5.74) is 28.2. The lowest BCUT2D eigenvalue weighted by Gasteiger charge is -2.31. The molecule has 544 valence electrons. The van der Waals surface area contributed by atoms with Gasteiger partial charge in [0.05, 0.1) is 0 Å². The number of aliphatic imine (C=N–C) groups is 1. The zero-order valence-electron chi connectivity index (χ0n) is 56.5. The minimum Gasteiger partial charge on any atom is -0.480 e. The number of hydrogen-bond donors (Lipinski definition) is 15. The molecular weight excluding hydrogens is 1340 g/mol. The molecule has 2 fully saturated rings. The summed E-state index contributed by atoms with van der Waals surface area (Å²) in [6.45, 7) is 3.87. The lowest BCUT2D eigenvalue weighted by atomic mass is 9.98. The van der Waals surface area contributed by atoms with Crippen LogP contribution in [0.5, 0.6) is 0 Å². The summed E-state index contributed by atoms with van der Waals surface area (Å²) in [4.78, 5) is 195. The van der Waals surface area contributed by atoms with Gasteiger partial charge in [0.25, 0.3) is 0 Å². The quantitative estimate of drug-likeness (QED) is 0.00868. The number of nitrogens with zero attached hydrogens (tertiary/aromatic N) is 5. The molecule has 1 aromatic heterocycles. The van der Waals surface area contributed by atoms with E-state index in [1.54, 1.807) is 92.8 Å². The number of azide groups is 1. The number of aromatic amines is 1. The van der Waals surface area contributed by atoms with Crippen LogP contribution in [0.25, 0.3) is 32.1 Å². The number of aliphatic carboxylic acids is 1. The van der Waals surface area contributed by atoms with Crippen molar-refractivity contribution in [1.29, 1.82) is 0 Å². The molecule has 2 aliphatic rings. The van der Waals surface area contributed by atoms with Gasteiger partial charge in [-0.15, -0.1) is 0 Å². The molecule has 102 heavy (non-hydrogen) atoms. The molecule has 33 nitrogen and oxygen atoms in total. The predicted octanol–water partition coefficient (Wildman–Crippen LogP) is 0.0466. The number of carbonyl (C=O) groups is 13. The fourth-order valence-corrected chi connectivity index (χ4v) is 12.1. The van der Waals surface area contributed by atoms with Gasteiger partial charge in [0.15, 0.2) is 5.96 Å². The van der Waals surface area contributed by atoms with Gasteiger partial charge in [-0.1, -0.05) is 98.2 Å². The topological polar surface area (TPSA) is 521 Å². The molecule has 0 aliphatic carbocycles. The number of carbonyl (C=O) groups excluding carboxylic acids is 12. The SMILES string of the molecule is CC(=O)N[C@H]1CCC(=O)NCC[C@@H](C(=O)N[C@H](Cc2ccc3ccccc3c2)C(=O)N[C@@H](CC(C)C)C(=O)N[C@@H](CCCN=C(N)N)C(=O)N2CCC[C@H]2C(=O)N[C@@H](CN)C(=O)O)NC(=O)[C@H](CC(=O)N=[N+]=[N-])NC(=O)[C@@H](Cc2c[nH]c3ccccc23)NC(=O)[C@@H](Cc2ccc(Cl)cc2)NC1=O. The molecule has 0 radical (unpaired) electrons.